The minimum Gasteiger partial charge on any atom is -0.309 e. The minimum absolute atomic E-state index is 0.173. The summed E-state index contributed by atoms with van der Waals surface area (Å²) in [5.74, 6) is -0.879. The van der Waals surface area contributed by atoms with Crippen LogP contribution in [0.4, 0.5) is 10.1 Å². The van der Waals surface area contributed by atoms with Crippen LogP contribution in [0.15, 0.2) is 47.3 Å². The number of carbonyl (C=O) groups is 1. The van der Waals surface area contributed by atoms with Gasteiger partial charge in [-0.25, -0.2) is 9.18 Å². The number of aromatic nitrogens is 2. The van der Waals surface area contributed by atoms with Gasteiger partial charge in [-0.3, -0.25) is 9.36 Å². The quantitative estimate of drug-likeness (QED) is 0.662. The Bertz CT molecular complexity index is 1140. The highest BCUT2D eigenvalue weighted by molar-refractivity contribution is 6.32. The van der Waals surface area contributed by atoms with Gasteiger partial charge in [0.2, 0.25) is 0 Å². The molecule has 5 nitrogen and oxygen atoms in total. The molecule has 3 rings (SSSR count). The highest BCUT2D eigenvalue weighted by Crippen LogP contribution is 2.26. The van der Waals surface area contributed by atoms with E-state index in [0.717, 1.165) is 0 Å². The first-order valence-electron chi connectivity index (χ1n) is 8.61. The van der Waals surface area contributed by atoms with Crippen molar-refractivity contribution in [3.63, 3.8) is 0 Å². The number of rotatable bonds is 3. The van der Waals surface area contributed by atoms with Gasteiger partial charge in [0, 0.05) is 24.0 Å². The summed E-state index contributed by atoms with van der Waals surface area (Å²) in [5.41, 5.74) is 1.99. The van der Waals surface area contributed by atoms with Gasteiger partial charge in [0.25, 0.3) is 5.91 Å². The number of benzene rings is 2. The van der Waals surface area contributed by atoms with Gasteiger partial charge in [-0.2, -0.15) is 4.98 Å². The van der Waals surface area contributed by atoms with Crippen molar-refractivity contribution < 1.29 is 9.18 Å². The Morgan fingerprint density at radius 2 is 1.86 bits per heavy atom. The number of halogens is 2. The van der Waals surface area contributed by atoms with Crippen LogP contribution in [0.3, 0.4) is 0 Å². The Morgan fingerprint density at radius 1 is 1.14 bits per heavy atom. The molecule has 7 heteroatoms. The molecule has 0 atom stereocenters. The van der Waals surface area contributed by atoms with Crippen LogP contribution in [-0.2, 0) is 0 Å². The predicted octanol–water partition coefficient (Wildman–Crippen LogP) is 4.23. The summed E-state index contributed by atoms with van der Waals surface area (Å²) < 4.78 is 15.8. The SMILES string of the molecule is Cc1cc(C)n(-c2cc(C(=O)N(C)c3cccc(C)c3F)ccc2Cl)c(=O)n1. The number of carbonyl (C=O) groups excluding carboxylic acids is 1. The second-order valence-corrected chi connectivity index (χ2v) is 7.00. The number of anilines is 1. The molecule has 0 aliphatic rings. The third-order valence-electron chi connectivity index (χ3n) is 4.51. The van der Waals surface area contributed by atoms with E-state index in [2.05, 4.69) is 4.98 Å². The molecule has 0 N–H and O–H groups in total. The van der Waals surface area contributed by atoms with Gasteiger partial charge in [-0.15, -0.1) is 0 Å². The van der Waals surface area contributed by atoms with Crippen LogP contribution >= 0.6 is 11.6 Å². The molecular formula is C21H19ClFN3O2. The molecule has 2 aromatic carbocycles. The van der Waals surface area contributed by atoms with E-state index in [1.807, 2.05) is 0 Å². The van der Waals surface area contributed by atoms with Crippen LogP contribution in [0, 0.1) is 26.6 Å². The molecule has 0 radical (unpaired) electrons. The zero-order valence-corrected chi connectivity index (χ0v) is 16.7. The summed E-state index contributed by atoms with van der Waals surface area (Å²) in [5, 5.41) is 0.303. The van der Waals surface area contributed by atoms with Crippen molar-refractivity contribution in [2.45, 2.75) is 20.8 Å². The topological polar surface area (TPSA) is 55.2 Å². The lowest BCUT2D eigenvalue weighted by Crippen LogP contribution is -2.28. The lowest BCUT2D eigenvalue weighted by Gasteiger charge is -2.20. The molecule has 0 saturated carbocycles. The van der Waals surface area contributed by atoms with Crippen molar-refractivity contribution in [3.05, 3.63) is 86.3 Å². The van der Waals surface area contributed by atoms with Crippen LogP contribution in [0.5, 0.6) is 0 Å². The van der Waals surface area contributed by atoms with Crippen molar-refractivity contribution >= 4 is 23.2 Å². The smallest absolute Gasteiger partial charge is 0.309 e. The minimum atomic E-state index is -0.484. The van der Waals surface area contributed by atoms with Crippen LogP contribution in [0.25, 0.3) is 5.69 Å². The molecule has 0 saturated heterocycles. The zero-order chi connectivity index (χ0) is 20.6. The zero-order valence-electron chi connectivity index (χ0n) is 16.0. The number of aryl methyl sites for hydroxylation is 3. The monoisotopic (exact) mass is 399 g/mol. The first-order chi connectivity index (χ1) is 13.2. The van der Waals surface area contributed by atoms with Crippen LogP contribution in [-0.4, -0.2) is 22.5 Å². The fourth-order valence-corrected chi connectivity index (χ4v) is 3.26. The lowest BCUT2D eigenvalue weighted by atomic mass is 10.1. The molecule has 1 amide bonds. The maximum absolute atomic E-state index is 14.4. The van der Waals surface area contributed by atoms with E-state index >= 15 is 0 Å². The van der Waals surface area contributed by atoms with Gasteiger partial charge < -0.3 is 4.90 Å². The van der Waals surface area contributed by atoms with Gasteiger partial charge in [-0.05, 0) is 56.7 Å². The number of nitrogens with zero attached hydrogens (tertiary/aromatic N) is 3. The standard InChI is InChI=1S/C21H19ClFN3O2/c1-12-6-5-7-17(19(12)23)25(4)20(27)15-8-9-16(22)18(11-15)26-14(3)10-13(2)24-21(26)28/h5-11H,1-4H3. The molecule has 0 aliphatic heterocycles. The second kappa shape index (κ2) is 7.56. The van der Waals surface area contributed by atoms with E-state index in [1.54, 1.807) is 45.0 Å². The Morgan fingerprint density at radius 3 is 2.54 bits per heavy atom. The molecule has 3 aromatic rings. The van der Waals surface area contributed by atoms with E-state index in [0.29, 0.717) is 27.7 Å². The molecule has 144 valence electrons. The van der Waals surface area contributed by atoms with Crippen molar-refractivity contribution in [2.75, 3.05) is 11.9 Å². The summed E-state index contributed by atoms with van der Waals surface area (Å²) in [7, 11) is 1.50. The predicted molar refractivity (Wildman–Crippen MR) is 108 cm³/mol. The van der Waals surface area contributed by atoms with E-state index < -0.39 is 17.4 Å². The van der Waals surface area contributed by atoms with E-state index in [9.17, 15) is 14.0 Å². The number of amides is 1. The average Bonchev–Trinajstić information content (AvgIpc) is 2.63. The Labute approximate surface area is 167 Å². The lowest BCUT2D eigenvalue weighted by molar-refractivity contribution is 0.0992. The third-order valence-corrected chi connectivity index (χ3v) is 4.82. The molecule has 0 fully saturated rings. The highest BCUT2D eigenvalue weighted by Gasteiger charge is 2.20. The first kappa shape index (κ1) is 19.8. The summed E-state index contributed by atoms with van der Waals surface area (Å²) in [6.45, 7) is 5.12. The van der Waals surface area contributed by atoms with Gasteiger partial charge in [-0.1, -0.05) is 23.7 Å². The van der Waals surface area contributed by atoms with E-state index in [1.165, 1.54) is 34.7 Å². The molecule has 0 spiro atoms. The Hall–Kier alpha value is -2.99. The second-order valence-electron chi connectivity index (χ2n) is 6.60. The maximum Gasteiger partial charge on any atom is 0.352 e. The first-order valence-corrected chi connectivity index (χ1v) is 8.99. The normalized spacial score (nSPS) is 10.8. The van der Waals surface area contributed by atoms with Gasteiger partial charge >= 0.3 is 5.69 Å². The maximum atomic E-state index is 14.4. The largest absolute Gasteiger partial charge is 0.352 e. The fourth-order valence-electron chi connectivity index (χ4n) is 3.05. The van der Waals surface area contributed by atoms with Crippen LogP contribution < -0.4 is 10.6 Å². The van der Waals surface area contributed by atoms with E-state index in [-0.39, 0.29) is 11.3 Å². The molecule has 28 heavy (non-hydrogen) atoms. The van der Waals surface area contributed by atoms with Crippen LogP contribution in [0.1, 0.15) is 27.3 Å². The van der Waals surface area contributed by atoms with Gasteiger partial charge in [0.15, 0.2) is 0 Å². The van der Waals surface area contributed by atoms with Crippen molar-refractivity contribution in [2.24, 2.45) is 0 Å². The van der Waals surface area contributed by atoms with Crippen molar-refractivity contribution in [1.29, 1.82) is 0 Å². The molecule has 1 aromatic heterocycles. The summed E-state index contributed by atoms with van der Waals surface area (Å²) >= 11 is 6.29. The van der Waals surface area contributed by atoms with Crippen molar-refractivity contribution in [1.82, 2.24) is 9.55 Å². The molecule has 0 bridgehead atoms. The van der Waals surface area contributed by atoms with Crippen molar-refractivity contribution in [3.8, 4) is 5.69 Å². The summed E-state index contributed by atoms with van der Waals surface area (Å²) in [6.07, 6.45) is 0. The summed E-state index contributed by atoms with van der Waals surface area (Å²) in [6, 6.07) is 11.2. The Kier molecular flexibility index (Phi) is 5.34. The van der Waals surface area contributed by atoms with Crippen LogP contribution in [0.2, 0.25) is 5.02 Å². The van der Waals surface area contributed by atoms with E-state index in [4.69, 9.17) is 11.6 Å². The summed E-state index contributed by atoms with van der Waals surface area (Å²) in [4.78, 5) is 30.5. The van der Waals surface area contributed by atoms with Gasteiger partial charge in [0.1, 0.15) is 5.82 Å². The molecule has 0 unspecified atom stereocenters. The number of hydrogen-bond donors (Lipinski definition) is 0. The average molecular weight is 400 g/mol. The number of hydrogen-bond acceptors (Lipinski definition) is 3. The highest BCUT2D eigenvalue weighted by atomic mass is 35.5. The Balaban J connectivity index is 2.08. The fraction of sp³-hybridized carbons (Fsp3) is 0.190. The van der Waals surface area contributed by atoms with Gasteiger partial charge in [0.05, 0.1) is 16.4 Å². The molecule has 1 heterocycles. The molecule has 0 aliphatic carbocycles. The molecular weight excluding hydrogens is 381 g/mol. The third kappa shape index (κ3) is 3.55.